The van der Waals surface area contributed by atoms with E-state index in [0.29, 0.717) is 4.22 Å². The molecule has 0 saturated heterocycles. The summed E-state index contributed by atoms with van der Waals surface area (Å²) in [5.41, 5.74) is 15.0. The zero-order valence-electron chi connectivity index (χ0n) is 28.6. The molecule has 4 aromatic rings. The molecule has 0 nitrogen and oxygen atoms in total. The van der Waals surface area contributed by atoms with E-state index < -0.39 is 17.4 Å². The number of fused-ring (bicyclic) bond motifs is 3. The molecule has 8 rings (SSSR count). The van der Waals surface area contributed by atoms with Gasteiger partial charge in [0.2, 0.25) is 0 Å². The van der Waals surface area contributed by atoms with Crippen LogP contribution in [-0.4, -0.2) is 3.81 Å². The van der Waals surface area contributed by atoms with Gasteiger partial charge in [-0.3, -0.25) is 0 Å². The van der Waals surface area contributed by atoms with Crippen molar-refractivity contribution in [2.24, 2.45) is 0 Å². The Labute approximate surface area is 307 Å². The molecule has 0 aliphatic heterocycles. The number of hydrogen-bond donors (Lipinski definition) is 0. The van der Waals surface area contributed by atoms with Gasteiger partial charge in [-0.15, -0.1) is 0 Å². The molecule has 0 spiro atoms. The summed E-state index contributed by atoms with van der Waals surface area (Å²) in [6.07, 6.45) is 22.1. The fourth-order valence-corrected chi connectivity index (χ4v) is 14.7. The van der Waals surface area contributed by atoms with Crippen LogP contribution in [0.3, 0.4) is 0 Å². The summed E-state index contributed by atoms with van der Waals surface area (Å²) < 4.78 is 3.82. The van der Waals surface area contributed by atoms with Gasteiger partial charge in [-0.2, -0.15) is 0 Å². The molecule has 4 aliphatic carbocycles. The van der Waals surface area contributed by atoms with Crippen molar-refractivity contribution in [2.45, 2.75) is 101 Å². The van der Waals surface area contributed by atoms with Crippen molar-refractivity contribution in [1.82, 2.24) is 0 Å². The summed E-state index contributed by atoms with van der Waals surface area (Å²) in [5, 5.41) is 0. The third kappa shape index (κ3) is 6.94. The second kappa shape index (κ2) is 15.6. The van der Waals surface area contributed by atoms with Gasteiger partial charge in [0, 0.05) is 0 Å². The molecule has 4 aliphatic rings. The summed E-state index contributed by atoms with van der Waals surface area (Å²) in [7, 11) is 0. The Hall–Kier alpha value is -2.48. The van der Waals surface area contributed by atoms with Gasteiger partial charge in [0.1, 0.15) is 0 Å². The van der Waals surface area contributed by atoms with Crippen LogP contribution in [0.25, 0.3) is 11.1 Å². The maximum absolute atomic E-state index is 2.72. The van der Waals surface area contributed by atoms with Crippen LogP contribution >= 0.6 is 0 Å². The number of rotatable bonds is 6. The van der Waals surface area contributed by atoms with Crippen LogP contribution in [0.4, 0.5) is 0 Å². The van der Waals surface area contributed by atoms with Gasteiger partial charge < -0.3 is 24.8 Å². The number of allylic oxidation sites excluding steroid dienone is 4. The second-order valence-corrected chi connectivity index (χ2v) is 18.6. The Morgan fingerprint density at radius 1 is 0.562 bits per heavy atom. The van der Waals surface area contributed by atoms with Gasteiger partial charge in [0.25, 0.3) is 0 Å². The van der Waals surface area contributed by atoms with E-state index in [2.05, 4.69) is 117 Å². The Morgan fingerprint density at radius 3 is 1.44 bits per heavy atom. The predicted octanol–water partition coefficient (Wildman–Crippen LogP) is 6.21. The molecule has 0 bridgehead atoms. The van der Waals surface area contributed by atoms with Crippen molar-refractivity contribution in [1.29, 1.82) is 0 Å². The van der Waals surface area contributed by atoms with Gasteiger partial charge in [0.05, 0.1) is 0 Å². The third-order valence-corrected chi connectivity index (χ3v) is 16.8. The normalized spacial score (nSPS) is 17.4. The van der Waals surface area contributed by atoms with Gasteiger partial charge in [0.15, 0.2) is 0 Å². The van der Waals surface area contributed by atoms with E-state index in [1.807, 2.05) is 0 Å². The Morgan fingerprint density at radius 2 is 1.02 bits per heavy atom. The van der Waals surface area contributed by atoms with Crippen LogP contribution < -0.4 is 24.8 Å². The summed E-state index contributed by atoms with van der Waals surface area (Å²) in [4.78, 5) is 0. The summed E-state index contributed by atoms with van der Waals surface area (Å²) >= 11 is -2.24. The number of benzene rings is 4. The van der Waals surface area contributed by atoms with Crippen molar-refractivity contribution in [3.05, 3.63) is 152 Å². The predicted molar refractivity (Wildman–Crippen MR) is 193 cm³/mol. The number of aryl methyl sites for hydroxylation is 2. The molecule has 4 aromatic carbocycles. The third-order valence-electron chi connectivity index (χ3n) is 11.6. The molecule has 0 amide bonds. The number of hydrogen-bond acceptors (Lipinski definition) is 0. The summed E-state index contributed by atoms with van der Waals surface area (Å²) in [5.74, 6) is 1.43. The minimum atomic E-state index is -2.24. The average Bonchev–Trinajstić information content (AvgIpc) is 3.75. The zero-order chi connectivity index (χ0) is 31.0. The van der Waals surface area contributed by atoms with Crippen LogP contribution in [0, 0.1) is 13.8 Å². The fourth-order valence-electron chi connectivity index (χ4n) is 9.04. The molecule has 2 fully saturated rings. The molecule has 0 unspecified atom stereocenters. The molecule has 0 N–H and O–H groups in total. The molecular formula is C45H48Cl2Ti. The first kappa shape index (κ1) is 35.4. The average molecular weight is 708 g/mol. The second-order valence-electron chi connectivity index (χ2n) is 14.6. The first-order chi connectivity index (χ1) is 22.6. The monoisotopic (exact) mass is 706 g/mol. The molecule has 0 atom stereocenters. The number of halogens is 2. The van der Waals surface area contributed by atoms with Gasteiger partial charge >= 0.3 is 284 Å². The Kier molecular flexibility index (Phi) is 11.5. The van der Waals surface area contributed by atoms with Crippen molar-refractivity contribution < 1.29 is 42.2 Å². The molecule has 48 heavy (non-hydrogen) atoms. The topological polar surface area (TPSA) is 0 Å². The molecule has 2 saturated carbocycles. The Bertz CT molecular complexity index is 1720. The standard InChI is InChI=1S/C25H29.C15H14.C5H5.2ClH.Ti/c1-3-7-18(8-4-1)20-11-13-24-22(15-20)17-23-16-21(12-14-25(23)24)19-9-5-2-6-10-19;1-12-3-7-14(8-4-12)11-15-9-5-13(2)6-10-15;1-2-4-5-3-1;;;/h11-19H,1-10H2;3-10H,1-2H3;1-3H,4H2;2*1H;/q;;;;;+2/p-2. The largest absolute Gasteiger partial charge is 1.00 e. The van der Waals surface area contributed by atoms with E-state index in [4.69, 9.17) is 0 Å². The van der Waals surface area contributed by atoms with Crippen molar-refractivity contribution in [2.75, 3.05) is 0 Å². The van der Waals surface area contributed by atoms with Crippen LogP contribution in [0.2, 0.25) is 0 Å². The molecule has 0 aromatic heterocycles. The van der Waals surface area contributed by atoms with Gasteiger partial charge in [-0.25, -0.2) is 0 Å². The minimum Gasteiger partial charge on any atom is -1.00 e. The molecular weight excluding hydrogens is 659 g/mol. The molecule has 246 valence electrons. The molecule has 3 heteroatoms. The van der Waals surface area contributed by atoms with Gasteiger partial charge in [-0.1, -0.05) is 0 Å². The first-order valence-corrected chi connectivity index (χ1v) is 20.6. The van der Waals surface area contributed by atoms with E-state index in [9.17, 15) is 0 Å². The fraction of sp³-hybridized carbons (Fsp3) is 0.356. The van der Waals surface area contributed by atoms with Crippen LogP contribution in [0.5, 0.6) is 0 Å². The van der Waals surface area contributed by atoms with E-state index in [1.165, 1.54) is 97.6 Å². The van der Waals surface area contributed by atoms with E-state index in [0.717, 1.165) is 18.3 Å². The molecule has 0 heterocycles. The smallest absolute Gasteiger partial charge is 1.00 e. The van der Waals surface area contributed by atoms with Crippen LogP contribution in [-0.2, 0) is 17.4 Å². The summed E-state index contributed by atoms with van der Waals surface area (Å²) in [6.45, 7) is 4.44. The quantitative estimate of drug-likeness (QED) is 0.210. The Balaban J connectivity index is 0.00000201. The van der Waals surface area contributed by atoms with E-state index in [1.54, 1.807) is 29.9 Å². The van der Waals surface area contributed by atoms with Gasteiger partial charge in [-0.05, 0) is 0 Å². The molecule has 0 radical (unpaired) electrons. The van der Waals surface area contributed by atoms with E-state index in [-0.39, 0.29) is 24.8 Å². The van der Waals surface area contributed by atoms with Crippen molar-refractivity contribution >= 4 is 3.81 Å². The summed E-state index contributed by atoms with van der Waals surface area (Å²) in [6, 6.07) is 34.6. The van der Waals surface area contributed by atoms with Crippen LogP contribution in [0.15, 0.2) is 107 Å². The maximum atomic E-state index is 2.72. The van der Waals surface area contributed by atoms with Crippen molar-refractivity contribution in [3.8, 4) is 11.1 Å². The van der Waals surface area contributed by atoms with Crippen molar-refractivity contribution in [3.63, 3.8) is 0 Å². The van der Waals surface area contributed by atoms with Crippen LogP contribution in [0.1, 0.15) is 131 Å². The first-order valence-electron chi connectivity index (χ1n) is 18.2. The van der Waals surface area contributed by atoms with E-state index >= 15 is 0 Å². The SMILES string of the molecule is Cc1ccc([C](c2ccc(C)cc2)=[Ti+2]([C]2=CC=CC2)[CH]2c3cc(C4CCCCC4)ccc3-c3ccc(C4CCCCC4)cc32)cc1.[Cl-].[Cl-]. The maximum Gasteiger partial charge on any atom is -1.00 e. The zero-order valence-corrected chi connectivity index (χ0v) is 31.7. The minimum absolute atomic E-state index is 0.